The van der Waals surface area contributed by atoms with E-state index < -0.39 is 0 Å². The van der Waals surface area contributed by atoms with Crippen LogP contribution >= 0.6 is 0 Å². The Morgan fingerprint density at radius 3 is 2.59 bits per heavy atom. The zero-order chi connectivity index (χ0) is 12.8. The number of anilines is 1. The van der Waals surface area contributed by atoms with Gasteiger partial charge in [-0.1, -0.05) is 6.07 Å². The Morgan fingerprint density at radius 2 is 2.00 bits per heavy atom. The van der Waals surface area contributed by atoms with E-state index in [1.54, 1.807) is 0 Å². The van der Waals surface area contributed by atoms with Crippen molar-refractivity contribution in [2.75, 3.05) is 26.0 Å². The van der Waals surface area contributed by atoms with Gasteiger partial charge < -0.3 is 15.0 Å². The van der Waals surface area contributed by atoms with Crippen LogP contribution in [0.4, 0.5) is 5.69 Å². The summed E-state index contributed by atoms with van der Waals surface area (Å²) in [7, 11) is 6.04. The molecule has 1 aromatic carbocycles. The van der Waals surface area contributed by atoms with Gasteiger partial charge in [0.2, 0.25) is 0 Å². The van der Waals surface area contributed by atoms with Crippen LogP contribution in [0.3, 0.4) is 0 Å². The van der Waals surface area contributed by atoms with E-state index in [1.165, 1.54) is 0 Å². The fourth-order valence-electron chi connectivity index (χ4n) is 1.73. The molecule has 0 saturated heterocycles. The van der Waals surface area contributed by atoms with Gasteiger partial charge in [-0.15, -0.1) is 0 Å². The second kappa shape index (κ2) is 6.50. The molecular formula is C14H24N2O. The highest BCUT2D eigenvalue weighted by molar-refractivity contribution is 5.49. The molecule has 0 heterocycles. The first-order chi connectivity index (χ1) is 8.02. The van der Waals surface area contributed by atoms with Gasteiger partial charge in [0.15, 0.2) is 0 Å². The number of hydrogen-bond acceptors (Lipinski definition) is 3. The van der Waals surface area contributed by atoms with Crippen molar-refractivity contribution < 1.29 is 4.74 Å². The van der Waals surface area contributed by atoms with E-state index in [0.717, 1.165) is 17.9 Å². The van der Waals surface area contributed by atoms with Crippen LogP contribution in [0.1, 0.15) is 20.3 Å². The van der Waals surface area contributed by atoms with Crippen molar-refractivity contribution in [2.45, 2.75) is 32.4 Å². The highest BCUT2D eigenvalue weighted by Gasteiger charge is 2.09. The van der Waals surface area contributed by atoms with Gasteiger partial charge >= 0.3 is 0 Å². The van der Waals surface area contributed by atoms with E-state index >= 15 is 0 Å². The van der Waals surface area contributed by atoms with E-state index in [4.69, 9.17) is 4.74 Å². The fraction of sp³-hybridized carbons (Fsp3) is 0.571. The standard InChI is InChI=1S/C14H24N2O/c1-11(15-3)9-12(2)17-14-8-6-7-13(10-14)16(4)5/h6-8,10-12,15H,9H2,1-5H3. The minimum Gasteiger partial charge on any atom is -0.491 e. The van der Waals surface area contributed by atoms with Gasteiger partial charge in [-0.25, -0.2) is 0 Å². The Morgan fingerprint density at radius 1 is 1.29 bits per heavy atom. The molecule has 0 aromatic heterocycles. The Hall–Kier alpha value is -1.22. The van der Waals surface area contributed by atoms with Crippen LogP contribution in [0.5, 0.6) is 5.75 Å². The van der Waals surface area contributed by atoms with Crippen LogP contribution in [0, 0.1) is 0 Å². The van der Waals surface area contributed by atoms with E-state index in [1.807, 2.05) is 33.3 Å². The highest BCUT2D eigenvalue weighted by Crippen LogP contribution is 2.21. The first-order valence-electron chi connectivity index (χ1n) is 6.14. The molecule has 0 spiro atoms. The van der Waals surface area contributed by atoms with Crippen LogP contribution in [0.25, 0.3) is 0 Å². The van der Waals surface area contributed by atoms with Crippen LogP contribution in [-0.4, -0.2) is 33.3 Å². The molecule has 3 nitrogen and oxygen atoms in total. The van der Waals surface area contributed by atoms with Crippen molar-refractivity contribution in [1.82, 2.24) is 5.32 Å². The van der Waals surface area contributed by atoms with Gasteiger partial charge in [0.1, 0.15) is 5.75 Å². The van der Waals surface area contributed by atoms with Crippen molar-refractivity contribution in [1.29, 1.82) is 0 Å². The van der Waals surface area contributed by atoms with Gasteiger partial charge in [0, 0.05) is 31.9 Å². The number of nitrogens with one attached hydrogen (secondary N) is 1. The molecule has 0 amide bonds. The van der Waals surface area contributed by atoms with Gasteiger partial charge in [0.25, 0.3) is 0 Å². The summed E-state index contributed by atoms with van der Waals surface area (Å²) in [5.74, 6) is 0.937. The van der Waals surface area contributed by atoms with Crippen LogP contribution in [0.2, 0.25) is 0 Å². The largest absolute Gasteiger partial charge is 0.491 e. The molecule has 0 aliphatic heterocycles. The summed E-state index contributed by atoms with van der Waals surface area (Å²) in [6, 6.07) is 8.66. The average molecular weight is 236 g/mol. The maximum absolute atomic E-state index is 5.91. The van der Waals surface area contributed by atoms with Gasteiger partial charge in [-0.05, 0) is 39.4 Å². The minimum absolute atomic E-state index is 0.217. The molecule has 1 rings (SSSR count). The number of benzene rings is 1. The monoisotopic (exact) mass is 236 g/mol. The van der Waals surface area contributed by atoms with Crippen LogP contribution < -0.4 is 15.0 Å². The first kappa shape index (κ1) is 13.8. The Bertz CT molecular complexity index is 339. The average Bonchev–Trinajstić information content (AvgIpc) is 2.28. The van der Waals surface area contributed by atoms with Gasteiger partial charge in [0.05, 0.1) is 6.10 Å². The molecule has 0 radical (unpaired) electrons. The summed E-state index contributed by atoms with van der Waals surface area (Å²) in [6.07, 6.45) is 1.22. The Labute approximate surface area is 105 Å². The lowest BCUT2D eigenvalue weighted by molar-refractivity contribution is 0.198. The Balaban J connectivity index is 2.58. The summed E-state index contributed by atoms with van der Waals surface area (Å²) in [5.41, 5.74) is 1.16. The molecule has 0 fully saturated rings. The SMILES string of the molecule is CNC(C)CC(C)Oc1cccc(N(C)C)c1. The smallest absolute Gasteiger partial charge is 0.121 e. The first-order valence-corrected chi connectivity index (χ1v) is 6.14. The third-order valence-corrected chi connectivity index (χ3v) is 2.85. The highest BCUT2D eigenvalue weighted by atomic mass is 16.5. The molecular weight excluding hydrogens is 212 g/mol. The fourth-order valence-corrected chi connectivity index (χ4v) is 1.73. The summed E-state index contributed by atoms with van der Waals surface area (Å²) in [5, 5.41) is 3.22. The zero-order valence-electron chi connectivity index (χ0n) is 11.5. The molecule has 0 bridgehead atoms. The normalized spacial score (nSPS) is 14.2. The molecule has 0 aliphatic rings. The van der Waals surface area contributed by atoms with E-state index in [2.05, 4.69) is 36.2 Å². The lowest BCUT2D eigenvalue weighted by Crippen LogP contribution is -2.28. The molecule has 17 heavy (non-hydrogen) atoms. The second-order valence-corrected chi connectivity index (χ2v) is 4.75. The summed E-state index contributed by atoms with van der Waals surface area (Å²) in [4.78, 5) is 2.08. The maximum Gasteiger partial charge on any atom is 0.121 e. The van der Waals surface area contributed by atoms with Crippen molar-refractivity contribution >= 4 is 5.69 Å². The second-order valence-electron chi connectivity index (χ2n) is 4.75. The van der Waals surface area contributed by atoms with E-state index in [0.29, 0.717) is 6.04 Å². The van der Waals surface area contributed by atoms with Crippen molar-refractivity contribution in [3.8, 4) is 5.75 Å². The van der Waals surface area contributed by atoms with Gasteiger partial charge in [-0.3, -0.25) is 0 Å². The number of nitrogens with zero attached hydrogens (tertiary/aromatic N) is 1. The van der Waals surface area contributed by atoms with Crippen molar-refractivity contribution in [3.63, 3.8) is 0 Å². The summed E-state index contributed by atoms with van der Waals surface area (Å²) < 4.78 is 5.91. The topological polar surface area (TPSA) is 24.5 Å². The molecule has 3 heteroatoms. The quantitative estimate of drug-likeness (QED) is 0.821. The zero-order valence-corrected chi connectivity index (χ0v) is 11.5. The Kier molecular flexibility index (Phi) is 5.29. The third kappa shape index (κ3) is 4.65. The number of ether oxygens (including phenoxy) is 1. The molecule has 1 N–H and O–H groups in total. The maximum atomic E-state index is 5.91. The molecule has 2 unspecified atom stereocenters. The predicted octanol–water partition coefficient (Wildman–Crippen LogP) is 2.52. The van der Waals surface area contributed by atoms with Gasteiger partial charge in [-0.2, -0.15) is 0 Å². The summed E-state index contributed by atoms with van der Waals surface area (Å²) >= 11 is 0. The van der Waals surface area contributed by atoms with Crippen LogP contribution in [-0.2, 0) is 0 Å². The van der Waals surface area contributed by atoms with Crippen molar-refractivity contribution in [2.24, 2.45) is 0 Å². The molecule has 0 saturated carbocycles. The number of rotatable bonds is 6. The predicted molar refractivity (Wildman–Crippen MR) is 74.0 cm³/mol. The van der Waals surface area contributed by atoms with Crippen LogP contribution in [0.15, 0.2) is 24.3 Å². The lowest BCUT2D eigenvalue weighted by Gasteiger charge is -2.20. The molecule has 96 valence electrons. The van der Waals surface area contributed by atoms with Crippen molar-refractivity contribution in [3.05, 3.63) is 24.3 Å². The number of hydrogen-bond donors (Lipinski definition) is 1. The lowest BCUT2D eigenvalue weighted by atomic mass is 10.1. The molecule has 0 aliphatic carbocycles. The van der Waals surface area contributed by atoms with E-state index in [-0.39, 0.29) is 6.10 Å². The molecule has 2 atom stereocenters. The van der Waals surface area contributed by atoms with E-state index in [9.17, 15) is 0 Å². The molecule has 1 aromatic rings. The third-order valence-electron chi connectivity index (χ3n) is 2.85. The minimum atomic E-state index is 0.217. The summed E-state index contributed by atoms with van der Waals surface area (Å²) in [6.45, 7) is 4.27.